The first-order chi connectivity index (χ1) is 10.2. The van der Waals surface area contributed by atoms with Crippen LogP contribution in [-0.4, -0.2) is 61.4 Å². The summed E-state index contributed by atoms with van der Waals surface area (Å²) >= 11 is 0. The second-order valence-electron chi connectivity index (χ2n) is 7.56. The Kier molecular flexibility index (Phi) is 3.74. The van der Waals surface area contributed by atoms with Gasteiger partial charge in [-0.25, -0.2) is 4.98 Å². The van der Waals surface area contributed by atoms with Crippen LogP contribution in [0.2, 0.25) is 0 Å². The number of hydrogen-bond donors (Lipinski definition) is 0. The van der Waals surface area contributed by atoms with E-state index in [4.69, 9.17) is 9.31 Å². The third-order valence-corrected chi connectivity index (χ3v) is 5.21. The monoisotopic (exact) mass is 303 g/mol. The van der Waals surface area contributed by atoms with Crippen LogP contribution in [0, 0.1) is 0 Å². The van der Waals surface area contributed by atoms with Gasteiger partial charge in [0.15, 0.2) is 0 Å². The Hall–Kier alpha value is -1.11. The Morgan fingerprint density at radius 1 is 1.14 bits per heavy atom. The quantitative estimate of drug-likeness (QED) is 0.783. The van der Waals surface area contributed by atoms with Crippen molar-refractivity contribution in [1.29, 1.82) is 0 Å². The van der Waals surface area contributed by atoms with E-state index >= 15 is 0 Å². The van der Waals surface area contributed by atoms with Crippen molar-refractivity contribution in [3.05, 3.63) is 18.3 Å². The minimum Gasteiger partial charge on any atom is -0.399 e. The van der Waals surface area contributed by atoms with Crippen LogP contribution in [0.25, 0.3) is 0 Å². The zero-order valence-corrected chi connectivity index (χ0v) is 14.5. The van der Waals surface area contributed by atoms with Crippen LogP contribution in [-0.2, 0) is 9.31 Å². The van der Waals surface area contributed by atoms with Gasteiger partial charge < -0.3 is 19.1 Å². The molecule has 0 aromatic carbocycles. The first-order valence-electron chi connectivity index (χ1n) is 7.92. The molecule has 0 aliphatic carbocycles. The van der Waals surface area contributed by atoms with Crippen LogP contribution in [0.1, 0.15) is 27.7 Å². The number of hydrogen-bond acceptors (Lipinski definition) is 5. The predicted molar refractivity (Wildman–Crippen MR) is 89.6 cm³/mol. The van der Waals surface area contributed by atoms with Crippen molar-refractivity contribution in [2.75, 3.05) is 32.1 Å². The van der Waals surface area contributed by atoms with Gasteiger partial charge in [0.1, 0.15) is 5.82 Å². The van der Waals surface area contributed by atoms with Crippen LogP contribution in [0.15, 0.2) is 18.3 Å². The average molecular weight is 303 g/mol. The molecule has 3 rings (SSSR count). The summed E-state index contributed by atoms with van der Waals surface area (Å²) in [6.07, 6.45) is 1.88. The normalized spacial score (nSPS) is 24.0. The molecule has 0 radical (unpaired) electrons. The zero-order valence-electron chi connectivity index (χ0n) is 14.5. The minimum atomic E-state index is -0.336. The summed E-state index contributed by atoms with van der Waals surface area (Å²) in [5, 5.41) is 0. The summed E-state index contributed by atoms with van der Waals surface area (Å²) in [6, 6.07) is 4.75. The van der Waals surface area contributed by atoms with Crippen molar-refractivity contribution in [2.24, 2.45) is 0 Å². The summed E-state index contributed by atoms with van der Waals surface area (Å²) in [5.74, 6) is 1.03. The van der Waals surface area contributed by atoms with Crippen LogP contribution in [0.4, 0.5) is 5.82 Å². The van der Waals surface area contributed by atoms with Crippen molar-refractivity contribution in [1.82, 2.24) is 9.88 Å². The van der Waals surface area contributed by atoms with E-state index in [-0.39, 0.29) is 18.3 Å². The smallest absolute Gasteiger partial charge is 0.399 e. The highest BCUT2D eigenvalue weighted by Crippen LogP contribution is 2.36. The summed E-state index contributed by atoms with van der Waals surface area (Å²) in [6.45, 7) is 10.3. The van der Waals surface area contributed by atoms with E-state index in [0.29, 0.717) is 6.04 Å². The molecule has 2 aliphatic heterocycles. The van der Waals surface area contributed by atoms with Gasteiger partial charge in [0.05, 0.1) is 11.2 Å². The molecule has 0 N–H and O–H groups in total. The van der Waals surface area contributed by atoms with Gasteiger partial charge in [0.25, 0.3) is 0 Å². The van der Waals surface area contributed by atoms with E-state index in [1.807, 2.05) is 6.20 Å². The van der Waals surface area contributed by atoms with Gasteiger partial charge in [-0.3, -0.25) is 0 Å². The molecule has 0 saturated carbocycles. The highest BCUT2D eigenvalue weighted by Gasteiger charge is 2.51. The highest BCUT2D eigenvalue weighted by atomic mass is 16.7. The molecule has 0 spiro atoms. The van der Waals surface area contributed by atoms with Gasteiger partial charge in [0, 0.05) is 30.8 Å². The van der Waals surface area contributed by atoms with E-state index in [1.165, 1.54) is 0 Å². The largest absolute Gasteiger partial charge is 0.496 e. The van der Waals surface area contributed by atoms with Crippen molar-refractivity contribution in [3.63, 3.8) is 0 Å². The third-order valence-electron chi connectivity index (χ3n) is 5.21. The maximum absolute atomic E-state index is 6.06. The molecule has 5 nitrogen and oxygen atoms in total. The lowest BCUT2D eigenvalue weighted by Crippen LogP contribution is -2.57. The van der Waals surface area contributed by atoms with Gasteiger partial charge in [-0.2, -0.15) is 0 Å². The van der Waals surface area contributed by atoms with Crippen LogP contribution >= 0.6 is 0 Å². The van der Waals surface area contributed by atoms with Crippen LogP contribution in [0.5, 0.6) is 0 Å². The Bertz CT molecular complexity index is 523. The Balaban J connectivity index is 1.66. The fourth-order valence-corrected chi connectivity index (χ4v) is 2.67. The summed E-state index contributed by atoms with van der Waals surface area (Å²) < 4.78 is 12.1. The van der Waals surface area contributed by atoms with Crippen molar-refractivity contribution in [3.8, 4) is 0 Å². The standard InChI is InChI=1S/C16H26BN3O2/c1-15(2)16(3,4)22-17(21-15)12-7-8-14(18-9-12)20-10-13(11-20)19(5)6/h7-9,13H,10-11H2,1-6H3. The fourth-order valence-electron chi connectivity index (χ4n) is 2.67. The van der Waals surface area contributed by atoms with E-state index in [9.17, 15) is 0 Å². The van der Waals surface area contributed by atoms with E-state index in [1.54, 1.807) is 0 Å². The number of nitrogens with zero attached hydrogens (tertiary/aromatic N) is 3. The van der Waals surface area contributed by atoms with E-state index < -0.39 is 0 Å². The van der Waals surface area contributed by atoms with Crippen molar-refractivity contribution in [2.45, 2.75) is 44.9 Å². The summed E-state index contributed by atoms with van der Waals surface area (Å²) in [7, 11) is 3.91. The molecule has 0 unspecified atom stereocenters. The van der Waals surface area contributed by atoms with E-state index in [2.05, 4.69) is 68.7 Å². The predicted octanol–water partition coefficient (Wildman–Crippen LogP) is 1.13. The Morgan fingerprint density at radius 3 is 2.18 bits per heavy atom. The maximum atomic E-state index is 6.06. The molecule has 6 heteroatoms. The molecule has 2 aliphatic rings. The number of aromatic nitrogens is 1. The summed E-state index contributed by atoms with van der Waals surface area (Å²) in [4.78, 5) is 9.13. The lowest BCUT2D eigenvalue weighted by Gasteiger charge is -2.43. The molecule has 1 aromatic heterocycles. The SMILES string of the molecule is CN(C)C1CN(c2ccc(B3OC(C)(C)C(C)(C)O3)cn2)C1. The van der Waals surface area contributed by atoms with Gasteiger partial charge in [-0.15, -0.1) is 0 Å². The van der Waals surface area contributed by atoms with Crippen LogP contribution in [0.3, 0.4) is 0 Å². The maximum Gasteiger partial charge on any atom is 0.496 e. The second-order valence-corrected chi connectivity index (χ2v) is 7.56. The first-order valence-corrected chi connectivity index (χ1v) is 7.92. The van der Waals surface area contributed by atoms with Crippen molar-refractivity contribution < 1.29 is 9.31 Å². The lowest BCUT2D eigenvalue weighted by atomic mass is 9.80. The Morgan fingerprint density at radius 2 is 1.73 bits per heavy atom. The number of anilines is 1. The van der Waals surface area contributed by atoms with Gasteiger partial charge in [0.2, 0.25) is 0 Å². The number of likely N-dealkylation sites (N-methyl/N-ethyl adjacent to an activating group) is 1. The fraction of sp³-hybridized carbons (Fsp3) is 0.688. The average Bonchev–Trinajstić information content (AvgIpc) is 2.57. The molecule has 1 aromatic rings. The molecule has 22 heavy (non-hydrogen) atoms. The minimum absolute atomic E-state index is 0.313. The molecule has 2 saturated heterocycles. The van der Waals surface area contributed by atoms with Gasteiger partial charge >= 0.3 is 7.12 Å². The van der Waals surface area contributed by atoms with Crippen molar-refractivity contribution >= 4 is 18.4 Å². The molecule has 0 atom stereocenters. The highest BCUT2D eigenvalue weighted by molar-refractivity contribution is 6.62. The molecule has 3 heterocycles. The second kappa shape index (κ2) is 5.22. The molecule has 0 bridgehead atoms. The first kappa shape index (κ1) is 15.8. The molecule has 0 amide bonds. The third kappa shape index (κ3) is 2.64. The number of pyridine rings is 1. The summed E-state index contributed by atoms with van der Waals surface area (Å²) in [5.41, 5.74) is 0.353. The lowest BCUT2D eigenvalue weighted by molar-refractivity contribution is 0.00578. The zero-order chi connectivity index (χ0) is 16.1. The van der Waals surface area contributed by atoms with Crippen LogP contribution < -0.4 is 10.4 Å². The molecular formula is C16H26BN3O2. The molecule has 2 fully saturated rings. The topological polar surface area (TPSA) is 37.8 Å². The van der Waals surface area contributed by atoms with Gasteiger partial charge in [-0.05, 0) is 47.9 Å². The molecular weight excluding hydrogens is 277 g/mol. The number of rotatable bonds is 3. The molecule has 120 valence electrons. The van der Waals surface area contributed by atoms with Gasteiger partial charge in [-0.1, -0.05) is 6.07 Å². The Labute approximate surface area is 133 Å². The van der Waals surface area contributed by atoms with E-state index in [0.717, 1.165) is 24.4 Å².